The number of nitrogens with two attached hydrogens (primary N) is 2. The van der Waals surface area contributed by atoms with Crippen molar-refractivity contribution >= 4 is 0 Å². The first-order valence-electron chi connectivity index (χ1n) is 16.3. The fourth-order valence-corrected chi connectivity index (χ4v) is 7.53. The molecule has 0 radical (unpaired) electrons. The lowest BCUT2D eigenvalue weighted by molar-refractivity contribution is -0.529. The van der Waals surface area contributed by atoms with Crippen LogP contribution in [-0.2, 0) is 6.42 Å². The first-order chi connectivity index (χ1) is 22.4. The molecule has 49 heavy (non-hydrogen) atoms. The highest BCUT2D eigenvalue weighted by molar-refractivity contribution is 5.31. The van der Waals surface area contributed by atoms with Crippen LogP contribution < -0.4 is 17.0 Å². The fourth-order valence-electron chi connectivity index (χ4n) is 7.53. The molecule has 16 heteroatoms. The van der Waals surface area contributed by atoms with Crippen molar-refractivity contribution in [3.05, 3.63) is 60.8 Å². The summed E-state index contributed by atoms with van der Waals surface area (Å²) in [6.07, 6.45) is 5.11. The van der Waals surface area contributed by atoms with Crippen LogP contribution in [0.15, 0.2) is 55.3 Å². The monoisotopic (exact) mass is 703 g/mol. The van der Waals surface area contributed by atoms with Crippen LogP contribution in [0.25, 0.3) is 0 Å². The zero-order chi connectivity index (χ0) is 37.5. The average molecular weight is 704 g/mol. The van der Waals surface area contributed by atoms with Gasteiger partial charge in [-0.25, -0.2) is 5.43 Å². The molecular weight excluding hydrogens is 648 g/mol. The molecule has 8 atom stereocenters. The number of alkyl halides is 2. The molecule has 3 fully saturated rings. The Labute approximate surface area is 285 Å². The van der Waals surface area contributed by atoms with Crippen molar-refractivity contribution in [1.82, 2.24) is 15.2 Å². The van der Waals surface area contributed by atoms with Crippen LogP contribution in [0.2, 0.25) is 0 Å². The number of nitrogens with zero attached hydrogens (tertiary/aromatic N) is 2. The minimum Gasteiger partial charge on any atom is -0.402 e. The Morgan fingerprint density at radius 1 is 1.06 bits per heavy atom. The third-order valence-corrected chi connectivity index (χ3v) is 10.8. The van der Waals surface area contributed by atoms with E-state index in [1.807, 2.05) is 0 Å². The highest BCUT2D eigenvalue weighted by Crippen LogP contribution is 2.58. The Morgan fingerprint density at radius 3 is 2.08 bits per heavy atom. The van der Waals surface area contributed by atoms with E-state index < -0.39 is 46.3 Å². The second-order valence-corrected chi connectivity index (χ2v) is 14.1. The van der Waals surface area contributed by atoms with Crippen LogP contribution >= 0.6 is 0 Å². The highest BCUT2D eigenvalue weighted by atomic mass is 19.3. The fraction of sp³-hybridized carbons (Fsp3) is 0.697. The van der Waals surface area contributed by atoms with E-state index in [9.17, 15) is 54.7 Å². The van der Waals surface area contributed by atoms with Gasteiger partial charge in [0.05, 0.1) is 12.1 Å². The number of halogens is 2. The molecule has 14 nitrogen and oxygen atoms in total. The average Bonchev–Trinajstić information content (AvgIpc) is 3.53. The first-order valence-corrected chi connectivity index (χ1v) is 16.3. The Kier molecular flexibility index (Phi) is 12.2. The van der Waals surface area contributed by atoms with Crippen LogP contribution in [0.4, 0.5) is 8.78 Å². The summed E-state index contributed by atoms with van der Waals surface area (Å²) in [5.41, 5.74) is 4.84. The minimum atomic E-state index is -5.39. The van der Waals surface area contributed by atoms with Gasteiger partial charge in [-0.3, -0.25) is 15.6 Å². The van der Waals surface area contributed by atoms with Crippen LogP contribution in [0, 0.1) is 17.8 Å². The SMILES string of the molecule is C=CC1(O)C(C(=C)N)C(O)(O)C(O)(O)C(F)(F)C1(O)O.CC1CC(CC(C)N(C)C(C)NN)N(CCCc2ccccc2)C1C1CC1(O)O. The number of hydrogen-bond donors (Lipinski definition) is 12. The summed E-state index contributed by atoms with van der Waals surface area (Å²) in [4.78, 5) is 4.87. The summed E-state index contributed by atoms with van der Waals surface area (Å²) in [6, 6.07) is 11.7. The van der Waals surface area contributed by atoms with Gasteiger partial charge in [0.25, 0.3) is 11.6 Å². The number of aliphatic hydroxyl groups is 9. The van der Waals surface area contributed by atoms with Gasteiger partial charge in [-0.1, -0.05) is 49.9 Å². The summed E-state index contributed by atoms with van der Waals surface area (Å²) in [5, 5.41) is 86.8. The third-order valence-electron chi connectivity index (χ3n) is 10.8. The highest BCUT2D eigenvalue weighted by Gasteiger charge is 2.87. The Balaban J connectivity index is 0.000000286. The maximum absolute atomic E-state index is 13.8. The maximum atomic E-state index is 13.8. The quantitative estimate of drug-likeness (QED) is 0.0518. The second kappa shape index (κ2) is 14.5. The van der Waals surface area contributed by atoms with Crippen molar-refractivity contribution in [2.75, 3.05) is 13.6 Å². The van der Waals surface area contributed by atoms with Crippen molar-refractivity contribution in [3.8, 4) is 0 Å². The molecule has 8 unspecified atom stereocenters. The second-order valence-electron chi connectivity index (χ2n) is 14.1. The van der Waals surface area contributed by atoms with E-state index in [0.717, 1.165) is 32.2 Å². The van der Waals surface area contributed by atoms with Crippen LogP contribution in [-0.4, -0.2) is 128 Å². The largest absolute Gasteiger partial charge is 0.402 e. The summed E-state index contributed by atoms with van der Waals surface area (Å²) in [7, 11) is 2.11. The van der Waals surface area contributed by atoms with Crippen LogP contribution in [0.3, 0.4) is 0 Å². The maximum Gasteiger partial charge on any atom is 0.361 e. The molecule has 2 saturated carbocycles. The van der Waals surface area contributed by atoms with Gasteiger partial charge in [-0.2, -0.15) is 8.78 Å². The summed E-state index contributed by atoms with van der Waals surface area (Å²) in [6.45, 7) is 13.4. The van der Waals surface area contributed by atoms with Gasteiger partial charge >= 0.3 is 5.92 Å². The van der Waals surface area contributed by atoms with E-state index >= 15 is 0 Å². The minimum absolute atomic E-state index is 0.0168. The number of rotatable bonds is 12. The number of likely N-dealkylation sites (tertiary alicyclic amines) is 1. The number of benzene rings is 1. The van der Waals surface area contributed by atoms with E-state index in [1.165, 1.54) is 5.56 Å². The lowest BCUT2D eigenvalue weighted by Gasteiger charge is -2.59. The van der Waals surface area contributed by atoms with Gasteiger partial charge in [-0.15, -0.1) is 6.58 Å². The van der Waals surface area contributed by atoms with Crippen LogP contribution in [0.5, 0.6) is 0 Å². The standard InChI is InChI=1S/C23H40N4O2.C10H15F2NO7/c1-16-13-20(14-17(2)26(4)18(3)25-24)27(22(16)21-15-23(21,28)29)12-8-11-19-9-6-5-7-10-19;1-3-6(14)5(4(2)13)7(15,16)10(19,20)8(11,12)9(6,17)18/h5-7,9-10,16-18,20-22,25,28-29H,8,11-15,24H2,1-4H3;3,5,14-20H,1-2,13H2. The van der Waals surface area contributed by atoms with E-state index in [4.69, 9.17) is 11.6 Å². The summed E-state index contributed by atoms with van der Waals surface area (Å²) < 4.78 is 27.6. The summed E-state index contributed by atoms with van der Waals surface area (Å²) in [5.74, 6) is -16.8. The zero-order valence-electron chi connectivity index (χ0n) is 28.5. The number of hydrogen-bond acceptors (Lipinski definition) is 14. The lowest BCUT2D eigenvalue weighted by atomic mass is 9.62. The molecule has 1 aromatic carbocycles. The molecule has 0 bridgehead atoms. The molecule has 1 saturated heterocycles. The molecule has 14 N–H and O–H groups in total. The molecule has 1 aromatic rings. The Morgan fingerprint density at radius 2 is 1.61 bits per heavy atom. The molecule has 1 heterocycles. The number of hydrazine groups is 1. The van der Waals surface area contributed by atoms with Gasteiger partial charge in [0.15, 0.2) is 11.4 Å². The van der Waals surface area contributed by atoms with Gasteiger partial charge in [0, 0.05) is 36.2 Å². The van der Waals surface area contributed by atoms with Gasteiger partial charge < -0.3 is 51.7 Å². The van der Waals surface area contributed by atoms with Crippen molar-refractivity contribution in [1.29, 1.82) is 0 Å². The molecule has 280 valence electrons. The smallest absolute Gasteiger partial charge is 0.361 e. The molecule has 0 spiro atoms. The molecule has 0 aromatic heterocycles. The van der Waals surface area contributed by atoms with E-state index in [2.05, 4.69) is 86.5 Å². The van der Waals surface area contributed by atoms with Gasteiger partial charge in [0.1, 0.15) is 0 Å². The van der Waals surface area contributed by atoms with E-state index in [0.29, 0.717) is 24.4 Å². The van der Waals surface area contributed by atoms with Crippen LogP contribution in [0.1, 0.15) is 52.0 Å². The first kappa shape index (κ1) is 41.3. The normalized spacial score (nSPS) is 33.6. The molecule has 2 aliphatic carbocycles. The Bertz CT molecular complexity index is 1300. The Hall–Kier alpha value is -2.16. The van der Waals surface area contributed by atoms with E-state index in [1.54, 1.807) is 0 Å². The predicted molar refractivity (Wildman–Crippen MR) is 175 cm³/mol. The van der Waals surface area contributed by atoms with E-state index in [-0.39, 0.29) is 24.2 Å². The zero-order valence-corrected chi connectivity index (χ0v) is 28.5. The van der Waals surface area contributed by atoms with Crippen molar-refractivity contribution in [3.63, 3.8) is 0 Å². The van der Waals surface area contributed by atoms with Crippen molar-refractivity contribution < 1.29 is 54.7 Å². The van der Waals surface area contributed by atoms with Gasteiger partial charge in [-0.05, 0) is 64.6 Å². The number of aryl methyl sites for hydroxylation is 1. The molecule has 1 aliphatic heterocycles. The lowest BCUT2D eigenvalue weighted by Crippen LogP contribution is -2.87. The molecule has 3 aliphatic rings. The topological polar surface area (TPSA) is 253 Å². The molecule has 0 amide bonds. The van der Waals surface area contributed by atoms with Crippen molar-refractivity contribution in [2.24, 2.45) is 29.3 Å². The molecule has 4 rings (SSSR count). The predicted octanol–water partition coefficient (Wildman–Crippen LogP) is -1.40. The third kappa shape index (κ3) is 7.30. The summed E-state index contributed by atoms with van der Waals surface area (Å²) >= 11 is 0. The number of nitrogens with one attached hydrogen (secondary N) is 1. The molecular formula is C33H55F2N5O9. The van der Waals surface area contributed by atoms with Gasteiger partial charge in [0.2, 0.25) is 5.79 Å². The van der Waals surface area contributed by atoms with Crippen molar-refractivity contribution in [2.45, 2.75) is 112 Å².